The zero-order valence-electron chi connectivity index (χ0n) is 14.6. The van der Waals surface area contributed by atoms with Crippen LogP contribution in [0.5, 0.6) is 0 Å². The summed E-state index contributed by atoms with van der Waals surface area (Å²) in [6, 6.07) is 8.90. The van der Waals surface area contributed by atoms with E-state index in [2.05, 4.69) is 20.1 Å². The SMILES string of the molecule is CN(CCc1cccnc1)C(=O)c1cc2nc(-c3ccco3)nn2c(N)n1. The van der Waals surface area contributed by atoms with Crippen molar-refractivity contribution in [3.63, 3.8) is 0 Å². The molecule has 0 fully saturated rings. The molecule has 27 heavy (non-hydrogen) atoms. The Hall–Kier alpha value is -3.75. The number of pyridine rings is 1. The molecule has 0 saturated carbocycles. The first-order valence-electron chi connectivity index (χ1n) is 8.33. The van der Waals surface area contributed by atoms with Gasteiger partial charge in [-0.2, -0.15) is 4.52 Å². The molecule has 9 nitrogen and oxygen atoms in total. The molecule has 0 bridgehead atoms. The number of rotatable bonds is 5. The molecule has 4 heterocycles. The molecule has 0 atom stereocenters. The minimum absolute atomic E-state index is 0.0850. The number of nitrogens with two attached hydrogens (primary N) is 1. The van der Waals surface area contributed by atoms with Crippen LogP contribution >= 0.6 is 0 Å². The van der Waals surface area contributed by atoms with Gasteiger partial charge in [0.05, 0.1) is 6.26 Å². The normalized spacial score (nSPS) is 11.0. The summed E-state index contributed by atoms with van der Waals surface area (Å²) < 4.78 is 6.68. The number of fused-ring (bicyclic) bond motifs is 1. The van der Waals surface area contributed by atoms with Gasteiger partial charge in [-0.1, -0.05) is 6.07 Å². The monoisotopic (exact) mass is 363 g/mol. The summed E-state index contributed by atoms with van der Waals surface area (Å²) >= 11 is 0. The number of nitrogen functional groups attached to an aromatic ring is 1. The summed E-state index contributed by atoms with van der Waals surface area (Å²) in [7, 11) is 1.72. The highest BCUT2D eigenvalue weighted by Gasteiger charge is 2.18. The predicted molar refractivity (Wildman–Crippen MR) is 97.8 cm³/mol. The first-order chi connectivity index (χ1) is 13.1. The average Bonchev–Trinajstić information content (AvgIpc) is 3.35. The van der Waals surface area contributed by atoms with E-state index in [0.29, 0.717) is 30.2 Å². The van der Waals surface area contributed by atoms with Crippen molar-refractivity contribution in [1.82, 2.24) is 29.5 Å². The maximum Gasteiger partial charge on any atom is 0.272 e. The molecule has 0 saturated heterocycles. The lowest BCUT2D eigenvalue weighted by molar-refractivity contribution is 0.0791. The second-order valence-corrected chi connectivity index (χ2v) is 6.02. The number of furan rings is 1. The van der Waals surface area contributed by atoms with Gasteiger partial charge in [-0.25, -0.2) is 9.97 Å². The molecule has 0 aliphatic heterocycles. The van der Waals surface area contributed by atoms with E-state index in [1.54, 1.807) is 42.5 Å². The van der Waals surface area contributed by atoms with Crippen LogP contribution in [0.3, 0.4) is 0 Å². The van der Waals surface area contributed by atoms with Gasteiger partial charge in [0.15, 0.2) is 11.4 Å². The largest absolute Gasteiger partial charge is 0.461 e. The molecule has 0 unspecified atom stereocenters. The predicted octanol–water partition coefficient (Wildman–Crippen LogP) is 1.68. The van der Waals surface area contributed by atoms with E-state index >= 15 is 0 Å². The number of aromatic nitrogens is 5. The van der Waals surface area contributed by atoms with Crippen molar-refractivity contribution in [3.05, 3.63) is 60.2 Å². The summed E-state index contributed by atoms with van der Waals surface area (Å²) in [6.45, 7) is 0.529. The van der Waals surface area contributed by atoms with E-state index in [9.17, 15) is 4.79 Å². The van der Waals surface area contributed by atoms with Crippen LogP contribution in [0.2, 0.25) is 0 Å². The lowest BCUT2D eigenvalue weighted by atomic mass is 10.2. The standard InChI is InChI=1S/C18H17N7O2/c1-24(8-6-12-4-2-7-20-11-12)17(26)13-10-15-22-16(14-5-3-9-27-14)23-25(15)18(19)21-13/h2-5,7,9-11H,6,8H2,1H3,(H2,19,21). The van der Waals surface area contributed by atoms with E-state index in [4.69, 9.17) is 10.2 Å². The molecule has 4 aromatic heterocycles. The van der Waals surface area contributed by atoms with E-state index in [-0.39, 0.29) is 17.5 Å². The number of amides is 1. The zero-order valence-corrected chi connectivity index (χ0v) is 14.6. The smallest absolute Gasteiger partial charge is 0.272 e. The molecule has 0 spiro atoms. The molecule has 0 radical (unpaired) electrons. The molecule has 0 aromatic carbocycles. The third-order valence-electron chi connectivity index (χ3n) is 4.12. The molecule has 0 aliphatic rings. The highest BCUT2D eigenvalue weighted by Crippen LogP contribution is 2.18. The van der Waals surface area contributed by atoms with Crippen LogP contribution in [0.1, 0.15) is 16.1 Å². The van der Waals surface area contributed by atoms with Crippen molar-refractivity contribution in [1.29, 1.82) is 0 Å². The second kappa shape index (κ2) is 6.87. The van der Waals surface area contributed by atoms with Gasteiger partial charge < -0.3 is 15.1 Å². The Balaban J connectivity index is 1.56. The Kier molecular flexibility index (Phi) is 4.25. The van der Waals surface area contributed by atoms with E-state index in [0.717, 1.165) is 5.56 Å². The molecular weight excluding hydrogens is 346 g/mol. The van der Waals surface area contributed by atoms with Gasteiger partial charge in [-0.3, -0.25) is 9.78 Å². The Labute approximate surface area is 154 Å². The summed E-state index contributed by atoms with van der Waals surface area (Å²) in [6.07, 6.45) is 5.74. The Morgan fingerprint density at radius 1 is 1.30 bits per heavy atom. The fraction of sp³-hybridized carbons (Fsp3) is 0.167. The number of hydrogen-bond donors (Lipinski definition) is 1. The van der Waals surface area contributed by atoms with Gasteiger partial charge in [0.25, 0.3) is 5.91 Å². The molecule has 9 heteroatoms. The summed E-state index contributed by atoms with van der Waals surface area (Å²) in [5.41, 5.74) is 7.67. The van der Waals surface area contributed by atoms with Gasteiger partial charge in [0, 0.05) is 32.1 Å². The van der Waals surface area contributed by atoms with Crippen LogP contribution in [-0.2, 0) is 6.42 Å². The van der Waals surface area contributed by atoms with Crippen molar-refractivity contribution in [2.45, 2.75) is 6.42 Å². The van der Waals surface area contributed by atoms with Gasteiger partial charge in [-0.15, -0.1) is 5.10 Å². The van der Waals surface area contributed by atoms with Crippen LogP contribution in [0.25, 0.3) is 17.2 Å². The fourth-order valence-electron chi connectivity index (χ4n) is 2.67. The maximum absolute atomic E-state index is 12.7. The number of anilines is 1. The summed E-state index contributed by atoms with van der Waals surface area (Å²) in [5.74, 6) is 0.736. The molecule has 4 aromatic rings. The molecule has 136 valence electrons. The van der Waals surface area contributed by atoms with Crippen LogP contribution < -0.4 is 5.73 Å². The van der Waals surface area contributed by atoms with Crippen molar-refractivity contribution in [2.24, 2.45) is 0 Å². The van der Waals surface area contributed by atoms with Crippen LogP contribution in [0, 0.1) is 0 Å². The third kappa shape index (κ3) is 3.34. The van der Waals surface area contributed by atoms with Crippen molar-refractivity contribution in [3.8, 4) is 11.6 Å². The van der Waals surface area contributed by atoms with E-state index in [1.165, 1.54) is 10.8 Å². The zero-order chi connectivity index (χ0) is 18.8. The lowest BCUT2D eigenvalue weighted by Gasteiger charge is -2.16. The highest BCUT2D eigenvalue weighted by atomic mass is 16.3. The van der Waals surface area contributed by atoms with Crippen LogP contribution in [0.4, 0.5) is 5.95 Å². The molecular formula is C18H17N7O2. The second-order valence-electron chi connectivity index (χ2n) is 6.02. The molecule has 0 aliphatic carbocycles. The number of hydrogen-bond acceptors (Lipinski definition) is 7. The van der Waals surface area contributed by atoms with Crippen molar-refractivity contribution < 1.29 is 9.21 Å². The van der Waals surface area contributed by atoms with Crippen molar-refractivity contribution >= 4 is 17.5 Å². The lowest BCUT2D eigenvalue weighted by Crippen LogP contribution is -2.30. The topological polar surface area (TPSA) is 115 Å². The summed E-state index contributed by atoms with van der Waals surface area (Å²) in [5, 5.41) is 4.27. The molecule has 2 N–H and O–H groups in total. The van der Waals surface area contributed by atoms with Crippen LogP contribution in [0.15, 0.2) is 53.4 Å². The molecule has 4 rings (SSSR count). The van der Waals surface area contributed by atoms with Gasteiger partial charge in [0.1, 0.15) is 5.69 Å². The average molecular weight is 363 g/mol. The Bertz CT molecular complexity index is 1070. The molecule has 1 amide bonds. The quantitative estimate of drug-likeness (QED) is 0.573. The Morgan fingerprint density at radius 2 is 2.19 bits per heavy atom. The van der Waals surface area contributed by atoms with Gasteiger partial charge >= 0.3 is 0 Å². The fourth-order valence-corrected chi connectivity index (χ4v) is 2.67. The summed E-state index contributed by atoms with van der Waals surface area (Å²) in [4.78, 5) is 26.9. The number of carbonyl (C=O) groups is 1. The maximum atomic E-state index is 12.7. The Morgan fingerprint density at radius 3 is 2.93 bits per heavy atom. The van der Waals surface area contributed by atoms with Gasteiger partial charge in [-0.05, 0) is 30.2 Å². The number of likely N-dealkylation sites (N-methyl/N-ethyl adjacent to an activating group) is 1. The van der Waals surface area contributed by atoms with Gasteiger partial charge in [0.2, 0.25) is 11.8 Å². The first-order valence-corrected chi connectivity index (χ1v) is 8.33. The first kappa shape index (κ1) is 16.7. The number of carbonyl (C=O) groups excluding carboxylic acids is 1. The minimum Gasteiger partial charge on any atom is -0.461 e. The van der Waals surface area contributed by atoms with E-state index in [1.807, 2.05) is 12.1 Å². The number of nitrogens with zero attached hydrogens (tertiary/aromatic N) is 6. The third-order valence-corrected chi connectivity index (χ3v) is 4.12. The highest BCUT2D eigenvalue weighted by molar-refractivity contribution is 5.93. The minimum atomic E-state index is -0.240. The van der Waals surface area contributed by atoms with Crippen LogP contribution in [-0.4, -0.2) is 49.0 Å². The van der Waals surface area contributed by atoms with E-state index < -0.39 is 0 Å². The van der Waals surface area contributed by atoms with Crippen molar-refractivity contribution in [2.75, 3.05) is 19.3 Å².